The number of benzene rings is 2. The van der Waals surface area contributed by atoms with Crippen LogP contribution in [0.4, 0.5) is 5.69 Å². The summed E-state index contributed by atoms with van der Waals surface area (Å²) in [7, 11) is 1.97. The monoisotopic (exact) mass is 233 g/mol. The molecule has 3 heteroatoms. The predicted octanol–water partition coefficient (Wildman–Crippen LogP) is 1.38. The zero-order valence-electron chi connectivity index (χ0n) is 10.1. The van der Waals surface area contributed by atoms with Crippen molar-refractivity contribution in [2.45, 2.75) is 0 Å². The molecule has 18 heavy (non-hydrogen) atoms. The molecule has 2 nitrogen and oxygen atoms in total. The largest absolute Gasteiger partial charge is 0.507 e. The molecule has 0 radical (unpaired) electrons. The molecule has 0 unspecified atom stereocenters. The molecule has 1 N–H and O–H groups in total. The molecule has 0 atom stereocenters. The van der Waals surface area contributed by atoms with Gasteiger partial charge in [0.05, 0.1) is 5.69 Å². The Morgan fingerprint density at radius 1 is 1.22 bits per heavy atom. The molecule has 86 valence electrons. The first-order chi connectivity index (χ1) is 8.69. The lowest BCUT2D eigenvalue weighted by Gasteiger charge is -2.00. The van der Waals surface area contributed by atoms with Crippen LogP contribution in [0.3, 0.4) is 0 Å². The average molecular weight is 233 g/mol. The molecule has 0 fully saturated rings. The SMILES string of the molecule is Bc1ccc(O)c(/C=N/c2cccc(C#C)c2)c1. The van der Waals surface area contributed by atoms with E-state index in [1.807, 2.05) is 44.2 Å². The third-order valence-corrected chi connectivity index (χ3v) is 2.55. The minimum atomic E-state index is 0.220. The number of phenols is 1. The summed E-state index contributed by atoms with van der Waals surface area (Å²) in [6.45, 7) is 0. The Hall–Kier alpha value is -2.47. The highest BCUT2D eigenvalue weighted by Gasteiger charge is 1.98. The quantitative estimate of drug-likeness (QED) is 0.474. The second-order valence-corrected chi connectivity index (χ2v) is 4.02. The summed E-state index contributed by atoms with van der Waals surface area (Å²) in [5, 5.41) is 9.69. The van der Waals surface area contributed by atoms with E-state index in [0.717, 1.165) is 16.7 Å². The molecule has 0 amide bonds. The second-order valence-electron chi connectivity index (χ2n) is 4.02. The van der Waals surface area contributed by atoms with Gasteiger partial charge < -0.3 is 5.11 Å². The van der Waals surface area contributed by atoms with Gasteiger partial charge in [-0.1, -0.05) is 29.6 Å². The first kappa shape index (κ1) is 12.0. The molecule has 0 aliphatic carbocycles. The normalized spacial score (nSPS) is 10.4. The van der Waals surface area contributed by atoms with Gasteiger partial charge in [0.1, 0.15) is 13.6 Å². The fourth-order valence-electron chi connectivity index (χ4n) is 1.60. The zero-order chi connectivity index (χ0) is 13.0. The topological polar surface area (TPSA) is 32.6 Å². The highest BCUT2D eigenvalue weighted by Crippen LogP contribution is 2.16. The molecular formula is C15H12BNO. The summed E-state index contributed by atoms with van der Waals surface area (Å²) in [4.78, 5) is 4.31. The van der Waals surface area contributed by atoms with Crippen molar-refractivity contribution in [3.63, 3.8) is 0 Å². The fourth-order valence-corrected chi connectivity index (χ4v) is 1.60. The second kappa shape index (κ2) is 5.24. The van der Waals surface area contributed by atoms with E-state index >= 15 is 0 Å². The molecule has 0 spiro atoms. The number of aliphatic imine (C=N–C) groups is 1. The lowest BCUT2D eigenvalue weighted by Crippen LogP contribution is -2.02. The number of rotatable bonds is 2. The highest BCUT2D eigenvalue weighted by molar-refractivity contribution is 6.32. The van der Waals surface area contributed by atoms with Crippen LogP contribution in [0.15, 0.2) is 47.5 Å². The van der Waals surface area contributed by atoms with Crippen LogP contribution >= 0.6 is 0 Å². The van der Waals surface area contributed by atoms with Gasteiger partial charge in [0.25, 0.3) is 0 Å². The van der Waals surface area contributed by atoms with Crippen LogP contribution < -0.4 is 5.46 Å². The van der Waals surface area contributed by atoms with Crippen LogP contribution in [0.5, 0.6) is 5.75 Å². The average Bonchev–Trinajstić information content (AvgIpc) is 2.40. The van der Waals surface area contributed by atoms with Crippen molar-refractivity contribution < 1.29 is 5.11 Å². The van der Waals surface area contributed by atoms with E-state index in [1.54, 1.807) is 12.3 Å². The summed E-state index contributed by atoms with van der Waals surface area (Å²) in [6, 6.07) is 12.8. The van der Waals surface area contributed by atoms with Gasteiger partial charge in [-0.2, -0.15) is 0 Å². The van der Waals surface area contributed by atoms with Crippen LogP contribution in [0.25, 0.3) is 0 Å². The smallest absolute Gasteiger partial charge is 0.139 e. The zero-order valence-corrected chi connectivity index (χ0v) is 10.1. The van der Waals surface area contributed by atoms with Crippen molar-refractivity contribution >= 4 is 25.2 Å². The van der Waals surface area contributed by atoms with Gasteiger partial charge in [-0.15, -0.1) is 6.42 Å². The van der Waals surface area contributed by atoms with E-state index in [2.05, 4.69) is 10.9 Å². The number of nitrogens with zero attached hydrogens (tertiary/aromatic N) is 1. The minimum absolute atomic E-state index is 0.220. The Bertz CT molecular complexity index is 641. The van der Waals surface area contributed by atoms with E-state index in [-0.39, 0.29) is 5.75 Å². The Morgan fingerprint density at radius 2 is 2.06 bits per heavy atom. The molecule has 2 aromatic rings. The predicted molar refractivity (Wildman–Crippen MR) is 77.9 cm³/mol. The molecule has 2 aromatic carbocycles. The molecule has 0 bridgehead atoms. The number of hydrogen-bond acceptors (Lipinski definition) is 2. The Kier molecular flexibility index (Phi) is 3.50. The van der Waals surface area contributed by atoms with Gasteiger partial charge in [0, 0.05) is 17.3 Å². The lowest BCUT2D eigenvalue weighted by atomic mass is 9.94. The summed E-state index contributed by atoms with van der Waals surface area (Å²) in [5.74, 6) is 2.78. The molecule has 0 heterocycles. The van der Waals surface area contributed by atoms with Crippen molar-refractivity contribution in [2.75, 3.05) is 0 Å². The molecule has 0 aromatic heterocycles. The number of phenolic OH excluding ortho intramolecular Hbond substituents is 1. The maximum absolute atomic E-state index is 9.69. The van der Waals surface area contributed by atoms with Gasteiger partial charge in [-0.05, 0) is 24.3 Å². The maximum atomic E-state index is 9.69. The number of terminal acetylenes is 1. The minimum Gasteiger partial charge on any atom is -0.507 e. The van der Waals surface area contributed by atoms with Crippen LogP contribution in [0, 0.1) is 12.3 Å². The van der Waals surface area contributed by atoms with Crippen molar-refractivity contribution in [1.29, 1.82) is 0 Å². The van der Waals surface area contributed by atoms with Crippen LogP contribution in [0.1, 0.15) is 11.1 Å². The molecule has 0 aliphatic rings. The van der Waals surface area contributed by atoms with Gasteiger partial charge >= 0.3 is 0 Å². The highest BCUT2D eigenvalue weighted by atomic mass is 16.3. The van der Waals surface area contributed by atoms with Crippen molar-refractivity contribution in [2.24, 2.45) is 4.99 Å². The Balaban J connectivity index is 2.30. The lowest BCUT2D eigenvalue weighted by molar-refractivity contribution is 0.474. The van der Waals surface area contributed by atoms with Crippen LogP contribution in [-0.4, -0.2) is 19.2 Å². The van der Waals surface area contributed by atoms with E-state index in [9.17, 15) is 5.11 Å². The van der Waals surface area contributed by atoms with Gasteiger partial charge in [0.15, 0.2) is 0 Å². The van der Waals surface area contributed by atoms with E-state index in [4.69, 9.17) is 6.42 Å². The third-order valence-electron chi connectivity index (χ3n) is 2.55. The standard InChI is InChI=1S/C15H12BNO/c1-2-11-4-3-5-14(8-11)17-10-12-9-13(16)6-7-15(12)18/h1,3-10,18H,16H2/b17-10+. The molecular weight excluding hydrogens is 221 g/mol. The molecule has 2 rings (SSSR count). The molecule has 0 aliphatic heterocycles. The van der Waals surface area contributed by atoms with Crippen molar-refractivity contribution in [1.82, 2.24) is 0 Å². The Labute approximate surface area is 107 Å². The number of hydrogen-bond donors (Lipinski definition) is 1. The molecule has 0 saturated heterocycles. The maximum Gasteiger partial charge on any atom is 0.139 e. The number of aromatic hydroxyl groups is 1. The van der Waals surface area contributed by atoms with E-state index in [0.29, 0.717) is 5.56 Å². The summed E-state index contributed by atoms with van der Waals surface area (Å²) in [5.41, 5.74) is 3.33. The summed E-state index contributed by atoms with van der Waals surface area (Å²) < 4.78 is 0. The van der Waals surface area contributed by atoms with Crippen LogP contribution in [0.2, 0.25) is 0 Å². The first-order valence-corrected chi connectivity index (χ1v) is 5.59. The third kappa shape index (κ3) is 2.80. The van der Waals surface area contributed by atoms with Gasteiger partial charge in [-0.3, -0.25) is 4.99 Å². The first-order valence-electron chi connectivity index (χ1n) is 5.59. The molecule has 0 saturated carbocycles. The van der Waals surface area contributed by atoms with E-state index in [1.165, 1.54) is 0 Å². The van der Waals surface area contributed by atoms with Gasteiger partial charge in [-0.25, -0.2) is 0 Å². The van der Waals surface area contributed by atoms with Gasteiger partial charge in [0.2, 0.25) is 0 Å². The summed E-state index contributed by atoms with van der Waals surface area (Å²) >= 11 is 0. The Morgan fingerprint density at radius 3 is 2.83 bits per heavy atom. The van der Waals surface area contributed by atoms with Crippen molar-refractivity contribution in [3.05, 3.63) is 53.6 Å². The van der Waals surface area contributed by atoms with E-state index < -0.39 is 0 Å². The summed E-state index contributed by atoms with van der Waals surface area (Å²) in [6.07, 6.45) is 6.96. The van der Waals surface area contributed by atoms with Crippen LogP contribution in [-0.2, 0) is 0 Å². The fraction of sp³-hybridized carbons (Fsp3) is 0. The van der Waals surface area contributed by atoms with Crippen molar-refractivity contribution in [3.8, 4) is 18.1 Å².